The molecule has 1 unspecified atom stereocenters. The summed E-state index contributed by atoms with van der Waals surface area (Å²) in [4.78, 5) is 2.83. The largest absolute Gasteiger partial charge is 0.306 e. The standard InChI is InChI=1S/C18H24BrNS/c1-6-20-17(14-11-13(19)8-7-12(14)2)15-9-10-16(21-15)18(3,4)5/h7-11,17,20H,6H2,1-5H3. The molecule has 1 aromatic heterocycles. The highest BCUT2D eigenvalue weighted by Crippen LogP contribution is 2.36. The molecule has 2 rings (SSSR count). The van der Waals surface area contributed by atoms with E-state index in [1.165, 1.54) is 20.9 Å². The van der Waals surface area contributed by atoms with Gasteiger partial charge in [0.05, 0.1) is 6.04 Å². The van der Waals surface area contributed by atoms with E-state index in [1.54, 1.807) is 0 Å². The van der Waals surface area contributed by atoms with Crippen LogP contribution in [0.4, 0.5) is 0 Å². The van der Waals surface area contributed by atoms with Gasteiger partial charge in [0, 0.05) is 14.2 Å². The summed E-state index contributed by atoms with van der Waals surface area (Å²) >= 11 is 5.52. The third kappa shape index (κ3) is 3.97. The van der Waals surface area contributed by atoms with Crippen LogP contribution in [0.25, 0.3) is 0 Å². The van der Waals surface area contributed by atoms with Crippen LogP contribution in [-0.2, 0) is 5.41 Å². The quantitative estimate of drug-likeness (QED) is 0.719. The number of aryl methyl sites for hydroxylation is 1. The number of thiophene rings is 1. The van der Waals surface area contributed by atoms with E-state index in [1.807, 2.05) is 11.3 Å². The van der Waals surface area contributed by atoms with Crippen LogP contribution < -0.4 is 5.32 Å². The summed E-state index contributed by atoms with van der Waals surface area (Å²) in [5.41, 5.74) is 2.90. The van der Waals surface area contributed by atoms with E-state index in [0.29, 0.717) is 0 Å². The maximum absolute atomic E-state index is 3.64. The molecule has 0 bridgehead atoms. The zero-order chi connectivity index (χ0) is 15.6. The van der Waals surface area contributed by atoms with Gasteiger partial charge in [0.1, 0.15) is 0 Å². The third-order valence-electron chi connectivity index (χ3n) is 3.61. The minimum absolute atomic E-state index is 0.214. The lowest BCUT2D eigenvalue weighted by Gasteiger charge is -2.20. The van der Waals surface area contributed by atoms with Crippen molar-refractivity contribution in [3.63, 3.8) is 0 Å². The van der Waals surface area contributed by atoms with Crippen LogP contribution in [0, 0.1) is 6.92 Å². The topological polar surface area (TPSA) is 12.0 Å². The van der Waals surface area contributed by atoms with Crippen molar-refractivity contribution >= 4 is 27.3 Å². The average molecular weight is 366 g/mol. The van der Waals surface area contributed by atoms with Gasteiger partial charge in [0.15, 0.2) is 0 Å². The summed E-state index contributed by atoms with van der Waals surface area (Å²) in [6, 6.07) is 11.3. The first kappa shape index (κ1) is 16.7. The fourth-order valence-corrected chi connectivity index (χ4v) is 3.94. The van der Waals surface area contributed by atoms with Crippen molar-refractivity contribution in [2.75, 3.05) is 6.54 Å². The summed E-state index contributed by atoms with van der Waals surface area (Å²) in [5.74, 6) is 0. The smallest absolute Gasteiger partial charge is 0.0674 e. The van der Waals surface area contributed by atoms with E-state index >= 15 is 0 Å². The highest BCUT2D eigenvalue weighted by molar-refractivity contribution is 9.10. The fourth-order valence-electron chi connectivity index (χ4n) is 2.40. The predicted octanol–water partition coefficient (Wildman–Crippen LogP) is 5.82. The van der Waals surface area contributed by atoms with Crippen molar-refractivity contribution in [2.24, 2.45) is 0 Å². The lowest BCUT2D eigenvalue weighted by molar-refractivity contribution is 0.604. The third-order valence-corrected chi connectivity index (χ3v) is 5.68. The Labute approximate surface area is 140 Å². The Hall–Kier alpha value is -0.640. The summed E-state index contributed by atoms with van der Waals surface area (Å²) in [6.07, 6.45) is 0. The van der Waals surface area contributed by atoms with Gasteiger partial charge in [0.2, 0.25) is 0 Å². The summed E-state index contributed by atoms with van der Waals surface area (Å²) < 4.78 is 1.14. The van der Waals surface area contributed by atoms with E-state index in [4.69, 9.17) is 0 Å². The van der Waals surface area contributed by atoms with Crippen LogP contribution in [-0.4, -0.2) is 6.54 Å². The molecule has 114 valence electrons. The van der Waals surface area contributed by atoms with Crippen molar-refractivity contribution < 1.29 is 0 Å². The van der Waals surface area contributed by atoms with Gasteiger partial charge >= 0.3 is 0 Å². The Kier molecular flexibility index (Phi) is 5.29. The zero-order valence-electron chi connectivity index (χ0n) is 13.5. The second-order valence-corrected chi connectivity index (χ2v) is 8.47. The molecule has 2 aromatic rings. The first-order chi connectivity index (χ1) is 9.82. The minimum atomic E-state index is 0.214. The van der Waals surface area contributed by atoms with Gasteiger partial charge in [-0.25, -0.2) is 0 Å². The van der Waals surface area contributed by atoms with Crippen LogP contribution in [0.2, 0.25) is 0 Å². The van der Waals surface area contributed by atoms with Crippen molar-refractivity contribution in [3.8, 4) is 0 Å². The van der Waals surface area contributed by atoms with E-state index < -0.39 is 0 Å². The molecule has 0 aliphatic rings. The molecule has 21 heavy (non-hydrogen) atoms. The van der Waals surface area contributed by atoms with Crippen LogP contribution >= 0.6 is 27.3 Å². The van der Waals surface area contributed by atoms with E-state index in [9.17, 15) is 0 Å². The summed E-state index contributed by atoms with van der Waals surface area (Å²) in [7, 11) is 0. The van der Waals surface area contributed by atoms with Crippen LogP contribution in [0.15, 0.2) is 34.8 Å². The van der Waals surface area contributed by atoms with Gasteiger partial charge in [-0.15, -0.1) is 11.3 Å². The van der Waals surface area contributed by atoms with Gasteiger partial charge in [-0.05, 0) is 54.3 Å². The van der Waals surface area contributed by atoms with Gasteiger partial charge in [0.25, 0.3) is 0 Å². The van der Waals surface area contributed by atoms with Crippen LogP contribution in [0.1, 0.15) is 54.6 Å². The fraction of sp³-hybridized carbons (Fsp3) is 0.444. The van der Waals surface area contributed by atoms with E-state index in [-0.39, 0.29) is 11.5 Å². The van der Waals surface area contributed by atoms with Crippen LogP contribution in [0.3, 0.4) is 0 Å². The number of benzene rings is 1. The van der Waals surface area contributed by atoms with Crippen molar-refractivity contribution in [3.05, 3.63) is 55.7 Å². The molecular formula is C18H24BrNS. The molecule has 0 fully saturated rings. The molecule has 0 aliphatic heterocycles. The molecule has 1 nitrogen and oxygen atoms in total. The molecule has 1 atom stereocenters. The number of rotatable bonds is 4. The Morgan fingerprint density at radius 3 is 2.48 bits per heavy atom. The Morgan fingerprint density at radius 1 is 1.19 bits per heavy atom. The van der Waals surface area contributed by atoms with E-state index in [0.717, 1.165) is 11.0 Å². The lowest BCUT2D eigenvalue weighted by atomic mass is 9.95. The monoisotopic (exact) mass is 365 g/mol. The number of halogens is 1. The van der Waals surface area contributed by atoms with Gasteiger partial charge in [-0.3, -0.25) is 0 Å². The zero-order valence-corrected chi connectivity index (χ0v) is 15.9. The number of hydrogen-bond acceptors (Lipinski definition) is 2. The SMILES string of the molecule is CCNC(c1ccc(C(C)(C)C)s1)c1cc(Br)ccc1C. The first-order valence-electron chi connectivity index (χ1n) is 7.42. The molecule has 0 amide bonds. The number of nitrogens with one attached hydrogen (secondary N) is 1. The van der Waals surface area contributed by atoms with Crippen molar-refractivity contribution in [2.45, 2.75) is 46.1 Å². The molecule has 0 spiro atoms. The Morgan fingerprint density at radius 2 is 1.90 bits per heavy atom. The summed E-state index contributed by atoms with van der Waals surface area (Å²) in [5, 5.41) is 3.64. The Bertz CT molecular complexity index is 610. The molecule has 0 aliphatic carbocycles. The average Bonchev–Trinajstić information content (AvgIpc) is 2.88. The van der Waals surface area contributed by atoms with E-state index in [2.05, 4.69) is 86.2 Å². The van der Waals surface area contributed by atoms with Crippen molar-refractivity contribution in [1.82, 2.24) is 5.32 Å². The molecule has 1 N–H and O–H groups in total. The normalized spacial score (nSPS) is 13.4. The van der Waals surface area contributed by atoms with Gasteiger partial charge in [-0.2, -0.15) is 0 Å². The molecule has 0 saturated heterocycles. The highest BCUT2D eigenvalue weighted by Gasteiger charge is 2.21. The predicted molar refractivity (Wildman–Crippen MR) is 97.4 cm³/mol. The molecule has 3 heteroatoms. The van der Waals surface area contributed by atoms with Crippen LogP contribution in [0.5, 0.6) is 0 Å². The molecule has 0 radical (unpaired) electrons. The molecular weight excluding hydrogens is 342 g/mol. The highest BCUT2D eigenvalue weighted by atomic mass is 79.9. The minimum Gasteiger partial charge on any atom is -0.306 e. The first-order valence-corrected chi connectivity index (χ1v) is 9.03. The molecule has 0 saturated carbocycles. The summed E-state index contributed by atoms with van der Waals surface area (Å²) in [6.45, 7) is 12.1. The lowest BCUT2D eigenvalue weighted by Crippen LogP contribution is -2.22. The van der Waals surface area contributed by atoms with Gasteiger partial charge < -0.3 is 5.32 Å². The van der Waals surface area contributed by atoms with Crippen molar-refractivity contribution in [1.29, 1.82) is 0 Å². The van der Waals surface area contributed by atoms with Gasteiger partial charge in [-0.1, -0.05) is 49.7 Å². The number of hydrogen-bond donors (Lipinski definition) is 1. The maximum atomic E-state index is 3.64. The second kappa shape index (κ2) is 6.64. The molecule has 1 aromatic carbocycles. The molecule has 1 heterocycles. The Balaban J connectivity index is 2.44. The second-order valence-electron chi connectivity index (χ2n) is 6.44. The maximum Gasteiger partial charge on any atom is 0.0674 e.